The first kappa shape index (κ1) is 13.0. The second kappa shape index (κ2) is 4.70. The molecule has 0 amide bonds. The van der Waals surface area contributed by atoms with Crippen LogP contribution in [0.4, 0.5) is 5.82 Å². The van der Waals surface area contributed by atoms with Gasteiger partial charge < -0.3 is 19.9 Å². The van der Waals surface area contributed by atoms with Crippen molar-refractivity contribution in [3.05, 3.63) is 22.7 Å². The van der Waals surface area contributed by atoms with Crippen molar-refractivity contribution in [3.8, 4) is 0 Å². The number of nitrogens with two attached hydrogens (primary N) is 1. The lowest BCUT2D eigenvalue weighted by atomic mass is 10.1. The van der Waals surface area contributed by atoms with Crippen LogP contribution in [0.15, 0.2) is 17.2 Å². The van der Waals surface area contributed by atoms with Crippen LogP contribution in [0.25, 0.3) is 0 Å². The molecule has 0 spiro atoms. The molecule has 1 aliphatic heterocycles. The molecular weight excluding hydrogens is 232 g/mol. The summed E-state index contributed by atoms with van der Waals surface area (Å²) in [4.78, 5) is 18.2. The van der Waals surface area contributed by atoms with Crippen molar-refractivity contribution < 1.29 is 4.74 Å². The first-order valence-electron chi connectivity index (χ1n) is 6.07. The summed E-state index contributed by atoms with van der Waals surface area (Å²) in [7, 11) is 1.72. The van der Waals surface area contributed by atoms with E-state index in [-0.39, 0.29) is 17.3 Å². The number of hydrogen-bond acceptors (Lipinski definition) is 5. The van der Waals surface area contributed by atoms with Crippen LogP contribution >= 0.6 is 0 Å². The van der Waals surface area contributed by atoms with E-state index in [4.69, 9.17) is 10.5 Å². The van der Waals surface area contributed by atoms with Gasteiger partial charge in [0, 0.05) is 39.1 Å². The van der Waals surface area contributed by atoms with Crippen LogP contribution < -0.4 is 16.2 Å². The van der Waals surface area contributed by atoms with Crippen molar-refractivity contribution in [1.82, 2.24) is 9.55 Å². The van der Waals surface area contributed by atoms with E-state index in [0.29, 0.717) is 25.5 Å². The molecule has 0 aliphatic carbocycles. The van der Waals surface area contributed by atoms with Gasteiger partial charge in [0.2, 0.25) is 0 Å². The molecule has 1 saturated heterocycles. The van der Waals surface area contributed by atoms with Gasteiger partial charge in [-0.3, -0.25) is 4.79 Å². The summed E-state index contributed by atoms with van der Waals surface area (Å²) < 4.78 is 7.37. The Bertz CT molecular complexity index is 483. The minimum absolute atomic E-state index is 0.0690. The van der Waals surface area contributed by atoms with E-state index >= 15 is 0 Å². The van der Waals surface area contributed by atoms with Gasteiger partial charge in [-0.15, -0.1) is 0 Å². The maximum absolute atomic E-state index is 12.1. The lowest BCUT2D eigenvalue weighted by Crippen LogP contribution is -2.56. The highest BCUT2D eigenvalue weighted by Gasteiger charge is 2.34. The Morgan fingerprint density at radius 2 is 2.33 bits per heavy atom. The fourth-order valence-electron chi connectivity index (χ4n) is 2.28. The van der Waals surface area contributed by atoms with E-state index in [1.54, 1.807) is 19.4 Å². The minimum atomic E-state index is -0.329. The normalized spacial score (nSPS) is 23.1. The Morgan fingerprint density at radius 1 is 1.61 bits per heavy atom. The van der Waals surface area contributed by atoms with Gasteiger partial charge in [0.15, 0.2) is 5.82 Å². The van der Waals surface area contributed by atoms with E-state index in [2.05, 4.69) is 4.98 Å². The van der Waals surface area contributed by atoms with Crippen molar-refractivity contribution in [3.63, 3.8) is 0 Å². The topological polar surface area (TPSA) is 73.4 Å². The van der Waals surface area contributed by atoms with Crippen molar-refractivity contribution >= 4 is 5.82 Å². The van der Waals surface area contributed by atoms with Gasteiger partial charge in [-0.05, 0) is 13.8 Å². The van der Waals surface area contributed by atoms with Crippen LogP contribution in [0, 0.1) is 0 Å². The van der Waals surface area contributed by atoms with Crippen LogP contribution in [0.2, 0.25) is 0 Å². The van der Waals surface area contributed by atoms with E-state index in [0.717, 1.165) is 0 Å². The Balaban J connectivity index is 2.32. The standard InChI is InChI=1S/C12H20N4O2/c1-12(2)8-16(7-9(6-13)18-12)10-11(17)15(3)5-4-14-10/h4-5,9H,6-8,13H2,1-3H3. The highest BCUT2D eigenvalue weighted by Crippen LogP contribution is 2.22. The molecular formula is C12H20N4O2. The summed E-state index contributed by atoms with van der Waals surface area (Å²) in [6.45, 7) is 5.67. The quantitative estimate of drug-likeness (QED) is 0.784. The van der Waals surface area contributed by atoms with E-state index < -0.39 is 0 Å². The Labute approximate surface area is 106 Å². The van der Waals surface area contributed by atoms with Crippen molar-refractivity contribution in [2.45, 2.75) is 25.6 Å². The van der Waals surface area contributed by atoms with Crippen molar-refractivity contribution in [2.75, 3.05) is 24.5 Å². The van der Waals surface area contributed by atoms with Gasteiger partial charge in [0.1, 0.15) is 0 Å². The van der Waals surface area contributed by atoms with Crippen LogP contribution in [0.3, 0.4) is 0 Å². The van der Waals surface area contributed by atoms with Gasteiger partial charge >= 0.3 is 0 Å². The largest absolute Gasteiger partial charge is 0.367 e. The highest BCUT2D eigenvalue weighted by molar-refractivity contribution is 5.37. The summed E-state index contributed by atoms with van der Waals surface area (Å²) in [6.07, 6.45) is 3.22. The van der Waals surface area contributed by atoms with Gasteiger partial charge in [0.25, 0.3) is 5.56 Å². The lowest BCUT2D eigenvalue weighted by molar-refractivity contribution is -0.0791. The van der Waals surface area contributed by atoms with Gasteiger partial charge in [-0.25, -0.2) is 4.98 Å². The molecule has 0 radical (unpaired) electrons. The summed E-state index contributed by atoms with van der Waals surface area (Å²) in [5.74, 6) is 0.467. The van der Waals surface area contributed by atoms with Gasteiger partial charge in [-0.1, -0.05) is 0 Å². The second-order valence-electron chi connectivity index (χ2n) is 5.28. The SMILES string of the molecule is Cn1ccnc(N2CC(CN)OC(C)(C)C2)c1=O. The monoisotopic (exact) mass is 252 g/mol. The molecule has 1 aromatic rings. The summed E-state index contributed by atoms with van der Waals surface area (Å²) >= 11 is 0. The summed E-state index contributed by atoms with van der Waals surface area (Å²) in [5, 5.41) is 0. The highest BCUT2D eigenvalue weighted by atomic mass is 16.5. The predicted molar refractivity (Wildman–Crippen MR) is 69.7 cm³/mol. The number of morpholine rings is 1. The molecule has 2 N–H and O–H groups in total. The second-order valence-corrected chi connectivity index (χ2v) is 5.28. The maximum Gasteiger partial charge on any atom is 0.293 e. The smallest absolute Gasteiger partial charge is 0.293 e. The van der Waals surface area contributed by atoms with E-state index in [1.807, 2.05) is 18.7 Å². The molecule has 1 fully saturated rings. The summed E-state index contributed by atoms with van der Waals surface area (Å²) in [6, 6.07) is 0. The molecule has 1 aliphatic rings. The fraction of sp³-hybridized carbons (Fsp3) is 0.667. The van der Waals surface area contributed by atoms with E-state index in [9.17, 15) is 4.79 Å². The number of aryl methyl sites for hydroxylation is 1. The van der Waals surface area contributed by atoms with Gasteiger partial charge in [-0.2, -0.15) is 0 Å². The van der Waals surface area contributed by atoms with Crippen LogP contribution in [-0.4, -0.2) is 40.9 Å². The molecule has 0 bridgehead atoms. The van der Waals surface area contributed by atoms with Crippen LogP contribution in [0.5, 0.6) is 0 Å². The molecule has 6 nitrogen and oxygen atoms in total. The molecule has 6 heteroatoms. The number of nitrogens with zero attached hydrogens (tertiary/aromatic N) is 3. The maximum atomic E-state index is 12.1. The zero-order valence-electron chi connectivity index (χ0n) is 11.1. The molecule has 1 aromatic heterocycles. The van der Waals surface area contributed by atoms with Crippen LogP contribution in [0.1, 0.15) is 13.8 Å². The first-order valence-corrected chi connectivity index (χ1v) is 6.07. The molecule has 2 heterocycles. The Kier molecular flexibility index (Phi) is 3.41. The third kappa shape index (κ3) is 2.54. The molecule has 0 aromatic carbocycles. The zero-order valence-corrected chi connectivity index (χ0v) is 11.1. The van der Waals surface area contributed by atoms with Crippen LogP contribution in [-0.2, 0) is 11.8 Å². The molecule has 100 valence electrons. The molecule has 2 rings (SSSR count). The molecule has 0 saturated carbocycles. The predicted octanol–water partition coefficient (Wildman–Crippen LogP) is -0.277. The van der Waals surface area contributed by atoms with Crippen molar-refractivity contribution in [1.29, 1.82) is 0 Å². The first-order chi connectivity index (χ1) is 8.43. The lowest BCUT2D eigenvalue weighted by Gasteiger charge is -2.42. The molecule has 1 unspecified atom stereocenters. The average Bonchev–Trinajstić information content (AvgIpc) is 2.30. The molecule has 1 atom stereocenters. The van der Waals surface area contributed by atoms with E-state index in [1.165, 1.54) is 4.57 Å². The minimum Gasteiger partial charge on any atom is -0.367 e. The Hall–Kier alpha value is -1.40. The zero-order chi connectivity index (χ0) is 13.3. The third-order valence-electron chi connectivity index (χ3n) is 3.04. The average molecular weight is 252 g/mol. The summed E-state index contributed by atoms with van der Waals surface area (Å²) in [5.41, 5.74) is 5.26. The van der Waals surface area contributed by atoms with Gasteiger partial charge in [0.05, 0.1) is 11.7 Å². The number of anilines is 1. The number of ether oxygens (including phenoxy) is 1. The number of aromatic nitrogens is 2. The fourth-order valence-corrected chi connectivity index (χ4v) is 2.28. The third-order valence-corrected chi connectivity index (χ3v) is 3.04. The number of hydrogen-bond donors (Lipinski definition) is 1. The van der Waals surface area contributed by atoms with Crippen molar-refractivity contribution in [2.24, 2.45) is 12.8 Å². The Morgan fingerprint density at radius 3 is 3.00 bits per heavy atom. The number of rotatable bonds is 2. The molecule has 18 heavy (non-hydrogen) atoms.